The van der Waals surface area contributed by atoms with Crippen molar-refractivity contribution in [1.82, 2.24) is 15.2 Å². The molecule has 1 aromatic carbocycles. The lowest BCUT2D eigenvalue weighted by Gasteiger charge is -2.19. The van der Waals surface area contributed by atoms with E-state index in [0.29, 0.717) is 18.8 Å². The average molecular weight is 505 g/mol. The van der Waals surface area contributed by atoms with Crippen molar-refractivity contribution in [2.24, 2.45) is 10.7 Å². The minimum atomic E-state index is -0.483. The Kier molecular flexibility index (Phi) is 8.68. The van der Waals surface area contributed by atoms with Crippen molar-refractivity contribution in [3.63, 3.8) is 0 Å². The zero-order valence-corrected chi connectivity index (χ0v) is 21.4. The molecule has 2 aliphatic heterocycles. The second-order valence-corrected chi connectivity index (χ2v) is 9.64. The van der Waals surface area contributed by atoms with Gasteiger partial charge in [-0.05, 0) is 48.1 Å². The Balaban J connectivity index is 0.000000307. The number of benzene rings is 1. The van der Waals surface area contributed by atoms with Gasteiger partial charge < -0.3 is 26.4 Å². The van der Waals surface area contributed by atoms with E-state index in [4.69, 9.17) is 10.8 Å². The van der Waals surface area contributed by atoms with Gasteiger partial charge in [-0.2, -0.15) is 0 Å². The summed E-state index contributed by atoms with van der Waals surface area (Å²) in [6.45, 7) is 5.00. The minimum Gasteiger partial charge on any atom is -0.395 e. The number of hydrogen-bond donors (Lipinski definition) is 4. The van der Waals surface area contributed by atoms with Crippen molar-refractivity contribution in [3.8, 4) is 0 Å². The Morgan fingerprint density at radius 2 is 2.14 bits per heavy atom. The second kappa shape index (κ2) is 12.1. The maximum Gasteiger partial charge on any atom is 0.235 e. The molecule has 2 aromatic rings. The molecule has 37 heavy (non-hydrogen) atoms. The third-order valence-corrected chi connectivity index (χ3v) is 6.88. The molecule has 5 N–H and O–H groups in total. The van der Waals surface area contributed by atoms with Gasteiger partial charge in [-0.1, -0.05) is 31.2 Å². The summed E-state index contributed by atoms with van der Waals surface area (Å²) in [7, 11) is 0. The number of aliphatic hydroxyl groups is 1. The van der Waals surface area contributed by atoms with Gasteiger partial charge in [0.25, 0.3) is 0 Å². The van der Waals surface area contributed by atoms with Crippen LogP contribution in [0.25, 0.3) is 6.08 Å². The molecule has 0 saturated heterocycles. The molecule has 2 amide bonds. The largest absolute Gasteiger partial charge is 0.395 e. The molecule has 1 aromatic heterocycles. The van der Waals surface area contributed by atoms with Crippen molar-refractivity contribution in [2.45, 2.75) is 51.0 Å². The van der Waals surface area contributed by atoms with Gasteiger partial charge in [0.1, 0.15) is 5.84 Å². The van der Waals surface area contributed by atoms with E-state index in [0.717, 1.165) is 85.5 Å². The van der Waals surface area contributed by atoms with E-state index in [9.17, 15) is 9.59 Å². The molecular formula is C28H36N6O3. The lowest BCUT2D eigenvalue weighted by molar-refractivity contribution is -0.119. The summed E-state index contributed by atoms with van der Waals surface area (Å²) in [4.78, 5) is 33.8. The van der Waals surface area contributed by atoms with Crippen molar-refractivity contribution >= 4 is 35.6 Å². The van der Waals surface area contributed by atoms with E-state index in [1.54, 1.807) is 11.1 Å². The molecule has 3 heterocycles. The number of aliphatic imine (C=N–C) groups is 1. The molecule has 0 bridgehead atoms. The summed E-state index contributed by atoms with van der Waals surface area (Å²) in [5, 5.41) is 14.8. The quantitative estimate of drug-likeness (QED) is 0.409. The first kappa shape index (κ1) is 26.5. The highest BCUT2D eigenvalue weighted by Gasteiger charge is 2.51. The Labute approximate surface area is 217 Å². The minimum absolute atomic E-state index is 0.0269. The second-order valence-electron chi connectivity index (χ2n) is 9.64. The molecule has 1 fully saturated rings. The first-order valence-corrected chi connectivity index (χ1v) is 12.9. The Morgan fingerprint density at radius 3 is 2.86 bits per heavy atom. The number of rotatable bonds is 8. The maximum atomic E-state index is 13.1. The van der Waals surface area contributed by atoms with E-state index in [-0.39, 0.29) is 12.5 Å². The number of amidine groups is 1. The number of carbonyl (C=O) groups excluding carboxylic acids is 2. The first-order chi connectivity index (χ1) is 18.0. The monoisotopic (exact) mass is 504 g/mol. The van der Waals surface area contributed by atoms with Crippen molar-refractivity contribution < 1.29 is 14.7 Å². The first-order valence-electron chi connectivity index (χ1n) is 12.9. The van der Waals surface area contributed by atoms with Gasteiger partial charge in [-0.25, -0.2) is 4.99 Å². The van der Waals surface area contributed by atoms with Gasteiger partial charge >= 0.3 is 0 Å². The van der Waals surface area contributed by atoms with Gasteiger partial charge in [0, 0.05) is 44.7 Å². The third kappa shape index (κ3) is 6.42. The summed E-state index contributed by atoms with van der Waals surface area (Å²) in [6, 6.07) is 8.12. The molecule has 5 rings (SSSR count). The maximum absolute atomic E-state index is 13.1. The molecule has 9 nitrogen and oxygen atoms in total. The third-order valence-electron chi connectivity index (χ3n) is 6.88. The van der Waals surface area contributed by atoms with Crippen molar-refractivity contribution in [3.05, 3.63) is 58.9 Å². The zero-order valence-electron chi connectivity index (χ0n) is 21.4. The normalized spacial score (nSPS) is 16.6. The van der Waals surface area contributed by atoms with Crippen molar-refractivity contribution in [2.75, 3.05) is 31.6 Å². The molecule has 1 aliphatic carbocycles. The van der Waals surface area contributed by atoms with Gasteiger partial charge in [0.2, 0.25) is 12.3 Å². The van der Waals surface area contributed by atoms with E-state index in [2.05, 4.69) is 20.6 Å². The van der Waals surface area contributed by atoms with E-state index >= 15 is 0 Å². The van der Waals surface area contributed by atoms with Crippen LogP contribution in [0.1, 0.15) is 55.0 Å². The number of aromatic nitrogens is 1. The summed E-state index contributed by atoms with van der Waals surface area (Å²) >= 11 is 0. The summed E-state index contributed by atoms with van der Waals surface area (Å²) in [6.07, 6.45) is 10.8. The Morgan fingerprint density at radius 1 is 1.30 bits per heavy atom. The molecule has 1 saturated carbocycles. The number of amides is 2. The molecular weight excluding hydrogens is 468 g/mol. The average Bonchev–Trinajstić information content (AvgIpc) is 3.73. The number of aliphatic hydroxyl groups excluding tert-OH is 1. The van der Waals surface area contributed by atoms with Crippen LogP contribution in [0.15, 0.2) is 41.5 Å². The highest BCUT2D eigenvalue weighted by molar-refractivity contribution is 6.01. The Hall–Kier alpha value is -3.56. The molecule has 9 heteroatoms. The molecule has 0 atom stereocenters. The van der Waals surface area contributed by atoms with Crippen LogP contribution in [0.3, 0.4) is 0 Å². The fraction of sp³-hybridized carbons (Fsp3) is 0.429. The van der Waals surface area contributed by atoms with E-state index < -0.39 is 5.41 Å². The topological polar surface area (TPSA) is 133 Å². The Bertz CT molecular complexity index is 1180. The molecule has 196 valence electrons. The van der Waals surface area contributed by atoms with Crippen LogP contribution in [0, 0.1) is 0 Å². The van der Waals surface area contributed by atoms with Gasteiger partial charge in [0.05, 0.1) is 29.6 Å². The number of fused-ring (bicyclic) bond motifs is 2. The lowest BCUT2D eigenvalue weighted by Crippen LogP contribution is -2.29. The summed E-state index contributed by atoms with van der Waals surface area (Å²) < 4.78 is 0. The van der Waals surface area contributed by atoms with Crippen LogP contribution in [0.5, 0.6) is 0 Å². The number of nitrogens with one attached hydrogen (secondary N) is 2. The van der Waals surface area contributed by atoms with E-state index in [1.165, 1.54) is 0 Å². The fourth-order valence-electron chi connectivity index (χ4n) is 4.66. The highest BCUT2D eigenvalue weighted by atomic mass is 16.3. The molecule has 3 aliphatic rings. The number of anilines is 1. The standard InChI is InChI=1S/C22H23N5O.C6H13NO2/c23-20-3-1-2-14-4-5-16(11-19(14)27-20)22(7-8-22)21(28)26-17-10-15-12-24-9-6-18(15)25-13-17;1-2-3-7(6-9)4-5-8/h1-2,4-5,10-11,13,24H,3,6-9,12H2,(H2,23,27)(H,26,28);6,8H,2-5H2,1H3. The number of nitrogens with two attached hydrogens (primary N) is 1. The van der Waals surface area contributed by atoms with Crippen LogP contribution in [-0.2, 0) is 28.0 Å². The molecule has 0 radical (unpaired) electrons. The lowest BCUT2D eigenvalue weighted by atomic mass is 9.93. The van der Waals surface area contributed by atoms with Crippen LogP contribution in [-0.4, -0.2) is 59.4 Å². The number of carbonyl (C=O) groups is 2. The number of nitrogens with zero attached hydrogens (tertiary/aromatic N) is 3. The van der Waals surface area contributed by atoms with Crippen LogP contribution in [0.2, 0.25) is 0 Å². The summed E-state index contributed by atoms with van der Waals surface area (Å²) in [5.74, 6) is 0.620. The van der Waals surface area contributed by atoms with Crippen LogP contribution in [0.4, 0.5) is 11.4 Å². The molecule has 0 unspecified atom stereocenters. The highest BCUT2D eigenvalue weighted by Crippen LogP contribution is 2.50. The smallest absolute Gasteiger partial charge is 0.235 e. The van der Waals surface area contributed by atoms with E-state index in [1.807, 2.05) is 43.3 Å². The summed E-state index contributed by atoms with van der Waals surface area (Å²) in [5.41, 5.74) is 11.4. The number of pyridine rings is 1. The SMILES string of the molecule is CCCN(C=O)CCO.NC1=Nc2cc(C3(C(=O)Nc4cnc5c(c4)CNCC5)CC3)ccc2C=CC1. The number of hydrogen-bond acceptors (Lipinski definition) is 7. The van der Waals surface area contributed by atoms with Gasteiger partial charge in [-0.15, -0.1) is 0 Å². The van der Waals surface area contributed by atoms with Gasteiger partial charge in [0.15, 0.2) is 0 Å². The van der Waals surface area contributed by atoms with Gasteiger partial charge in [-0.3, -0.25) is 14.6 Å². The molecule has 0 spiro atoms. The predicted octanol–water partition coefficient (Wildman–Crippen LogP) is 2.65. The fourth-order valence-corrected chi connectivity index (χ4v) is 4.66. The van der Waals surface area contributed by atoms with Crippen LogP contribution >= 0.6 is 0 Å². The zero-order chi connectivity index (χ0) is 26.3. The van der Waals surface area contributed by atoms with Crippen LogP contribution < -0.4 is 16.4 Å². The van der Waals surface area contributed by atoms with Crippen molar-refractivity contribution in [1.29, 1.82) is 0 Å². The predicted molar refractivity (Wildman–Crippen MR) is 146 cm³/mol.